The molecule has 0 fully saturated rings. The first kappa shape index (κ1) is 22.9. The molecule has 0 atom stereocenters. The number of methoxy groups -OCH3 is 1. The van der Waals surface area contributed by atoms with Crippen LogP contribution >= 0.6 is 11.3 Å². The summed E-state index contributed by atoms with van der Waals surface area (Å²) in [6.45, 7) is 5.99. The standard InChI is InChI=1S/C21H24N4O4S2/c1-5-25(6-2)31(27,28)18-13-15(10-11-17(18)29-4)20(26)24-21-23-14(3)19(30-21)16-9-7-8-12-22-16/h7-13H,5-6H2,1-4H3,(H,23,24,26). The summed E-state index contributed by atoms with van der Waals surface area (Å²) in [6, 6.07) is 9.93. The van der Waals surface area contributed by atoms with E-state index in [0.717, 1.165) is 16.3 Å². The Labute approximate surface area is 186 Å². The minimum Gasteiger partial charge on any atom is -0.495 e. The third kappa shape index (κ3) is 4.76. The van der Waals surface area contributed by atoms with Gasteiger partial charge in [0.1, 0.15) is 10.6 Å². The second-order valence-corrected chi connectivity index (χ2v) is 9.46. The van der Waals surface area contributed by atoms with Gasteiger partial charge in [-0.2, -0.15) is 4.31 Å². The monoisotopic (exact) mass is 460 g/mol. The van der Waals surface area contributed by atoms with Crippen LogP contribution in [0.1, 0.15) is 29.9 Å². The molecule has 0 spiro atoms. The molecule has 8 nitrogen and oxygen atoms in total. The van der Waals surface area contributed by atoms with Gasteiger partial charge in [0.25, 0.3) is 5.91 Å². The molecule has 0 aliphatic heterocycles. The zero-order chi connectivity index (χ0) is 22.6. The zero-order valence-electron chi connectivity index (χ0n) is 17.7. The third-order valence-electron chi connectivity index (χ3n) is 4.66. The van der Waals surface area contributed by atoms with Crippen LogP contribution in [0, 0.1) is 6.92 Å². The molecule has 0 unspecified atom stereocenters. The number of thiazole rings is 1. The molecule has 1 amide bonds. The van der Waals surface area contributed by atoms with E-state index in [2.05, 4.69) is 15.3 Å². The van der Waals surface area contributed by atoms with Gasteiger partial charge in [-0.15, -0.1) is 0 Å². The van der Waals surface area contributed by atoms with E-state index in [1.54, 1.807) is 20.0 Å². The summed E-state index contributed by atoms with van der Waals surface area (Å²) in [5, 5.41) is 3.16. The lowest BCUT2D eigenvalue weighted by Crippen LogP contribution is -2.31. The van der Waals surface area contributed by atoms with E-state index in [0.29, 0.717) is 18.2 Å². The third-order valence-corrected chi connectivity index (χ3v) is 7.83. The molecule has 0 saturated carbocycles. The summed E-state index contributed by atoms with van der Waals surface area (Å²) in [5.41, 5.74) is 1.72. The maximum absolute atomic E-state index is 13.0. The number of sulfonamides is 1. The van der Waals surface area contributed by atoms with Crippen molar-refractivity contribution in [2.75, 3.05) is 25.5 Å². The predicted octanol–water partition coefficient (Wildman–Crippen LogP) is 3.80. The van der Waals surface area contributed by atoms with Gasteiger partial charge in [-0.3, -0.25) is 15.1 Å². The molecule has 3 aromatic rings. The molecule has 3 rings (SSSR count). The smallest absolute Gasteiger partial charge is 0.257 e. The van der Waals surface area contributed by atoms with E-state index in [-0.39, 0.29) is 16.2 Å². The van der Waals surface area contributed by atoms with Gasteiger partial charge in [-0.1, -0.05) is 31.3 Å². The molecule has 164 valence electrons. The average molecular weight is 461 g/mol. The number of amides is 1. The quantitative estimate of drug-likeness (QED) is 0.549. The Morgan fingerprint density at radius 2 is 1.94 bits per heavy atom. The van der Waals surface area contributed by atoms with E-state index < -0.39 is 15.9 Å². The highest BCUT2D eigenvalue weighted by atomic mass is 32.2. The van der Waals surface area contributed by atoms with Crippen molar-refractivity contribution in [1.82, 2.24) is 14.3 Å². The van der Waals surface area contributed by atoms with Gasteiger partial charge in [-0.25, -0.2) is 13.4 Å². The summed E-state index contributed by atoms with van der Waals surface area (Å²) < 4.78 is 32.6. The summed E-state index contributed by atoms with van der Waals surface area (Å²) in [7, 11) is -2.41. The van der Waals surface area contributed by atoms with E-state index >= 15 is 0 Å². The van der Waals surface area contributed by atoms with Crippen molar-refractivity contribution in [1.29, 1.82) is 0 Å². The van der Waals surface area contributed by atoms with Gasteiger partial charge in [0.2, 0.25) is 10.0 Å². The summed E-state index contributed by atoms with van der Waals surface area (Å²) in [5.74, 6) is -0.272. The maximum atomic E-state index is 13.0. The number of ether oxygens (including phenoxy) is 1. The highest BCUT2D eigenvalue weighted by Crippen LogP contribution is 2.32. The number of nitrogens with zero attached hydrogens (tertiary/aromatic N) is 3. The summed E-state index contributed by atoms with van der Waals surface area (Å²) in [4.78, 5) is 22.4. The minimum atomic E-state index is -3.80. The number of carbonyl (C=O) groups is 1. The Kier molecular flexibility index (Phi) is 7.04. The van der Waals surface area contributed by atoms with Crippen molar-refractivity contribution in [3.8, 4) is 16.3 Å². The van der Waals surface area contributed by atoms with Gasteiger partial charge in [0, 0.05) is 24.8 Å². The Hall–Kier alpha value is -2.82. The first-order valence-electron chi connectivity index (χ1n) is 9.70. The number of aromatic nitrogens is 2. The number of anilines is 1. The maximum Gasteiger partial charge on any atom is 0.257 e. The van der Waals surface area contributed by atoms with E-state index in [1.807, 2.05) is 25.1 Å². The van der Waals surface area contributed by atoms with E-state index in [4.69, 9.17) is 4.74 Å². The molecule has 2 aromatic heterocycles. The highest BCUT2D eigenvalue weighted by Gasteiger charge is 2.27. The first-order chi connectivity index (χ1) is 14.8. The van der Waals surface area contributed by atoms with E-state index in [1.165, 1.54) is 41.0 Å². The Bertz CT molecular complexity index is 1170. The highest BCUT2D eigenvalue weighted by molar-refractivity contribution is 7.89. The number of pyridine rings is 1. The molecule has 10 heteroatoms. The summed E-state index contributed by atoms with van der Waals surface area (Å²) >= 11 is 1.31. The zero-order valence-corrected chi connectivity index (χ0v) is 19.4. The van der Waals surface area contributed by atoms with Crippen molar-refractivity contribution in [3.63, 3.8) is 0 Å². The van der Waals surface area contributed by atoms with Gasteiger partial charge in [-0.05, 0) is 37.3 Å². The predicted molar refractivity (Wildman–Crippen MR) is 121 cm³/mol. The minimum absolute atomic E-state index is 0.0455. The summed E-state index contributed by atoms with van der Waals surface area (Å²) in [6.07, 6.45) is 1.70. The van der Waals surface area contributed by atoms with Crippen molar-refractivity contribution in [2.45, 2.75) is 25.7 Å². The number of hydrogen-bond donors (Lipinski definition) is 1. The molecule has 0 saturated heterocycles. The number of nitrogens with one attached hydrogen (secondary N) is 1. The van der Waals surface area contributed by atoms with Gasteiger partial charge >= 0.3 is 0 Å². The van der Waals surface area contributed by atoms with E-state index in [9.17, 15) is 13.2 Å². The van der Waals surface area contributed by atoms with Crippen LogP contribution in [0.25, 0.3) is 10.6 Å². The molecule has 1 N–H and O–H groups in total. The lowest BCUT2D eigenvalue weighted by Gasteiger charge is -2.20. The number of aryl methyl sites for hydroxylation is 1. The average Bonchev–Trinajstić information content (AvgIpc) is 3.14. The molecular formula is C21H24N4O4S2. The van der Waals surface area contributed by atoms with Crippen molar-refractivity contribution in [3.05, 3.63) is 53.9 Å². The van der Waals surface area contributed by atoms with Crippen LogP contribution < -0.4 is 10.1 Å². The van der Waals surface area contributed by atoms with Crippen molar-refractivity contribution < 1.29 is 17.9 Å². The van der Waals surface area contributed by atoms with Crippen molar-refractivity contribution >= 4 is 32.4 Å². The van der Waals surface area contributed by atoms with Crippen LogP contribution in [-0.2, 0) is 10.0 Å². The fourth-order valence-electron chi connectivity index (χ4n) is 3.08. The molecule has 2 heterocycles. The normalized spacial score (nSPS) is 11.5. The molecular weight excluding hydrogens is 436 g/mol. The lowest BCUT2D eigenvalue weighted by atomic mass is 10.2. The fraction of sp³-hybridized carbons (Fsp3) is 0.286. The van der Waals surface area contributed by atoms with Crippen LogP contribution in [0.3, 0.4) is 0 Å². The molecule has 0 aliphatic carbocycles. The second-order valence-electron chi connectivity index (χ2n) is 6.56. The van der Waals surface area contributed by atoms with Crippen LogP contribution in [0.4, 0.5) is 5.13 Å². The molecule has 1 aromatic carbocycles. The largest absolute Gasteiger partial charge is 0.495 e. The molecule has 0 bridgehead atoms. The number of benzene rings is 1. The van der Waals surface area contributed by atoms with Crippen LogP contribution in [0.5, 0.6) is 5.75 Å². The SMILES string of the molecule is CCN(CC)S(=O)(=O)c1cc(C(=O)Nc2nc(C)c(-c3ccccn3)s2)ccc1OC. The van der Waals surface area contributed by atoms with Crippen LogP contribution in [-0.4, -0.2) is 48.8 Å². The first-order valence-corrected chi connectivity index (χ1v) is 12.0. The number of rotatable bonds is 8. The number of carbonyl (C=O) groups excluding carboxylic acids is 1. The van der Waals surface area contributed by atoms with Crippen LogP contribution in [0.2, 0.25) is 0 Å². The lowest BCUT2D eigenvalue weighted by molar-refractivity contribution is 0.102. The molecule has 31 heavy (non-hydrogen) atoms. The van der Waals surface area contributed by atoms with Gasteiger partial charge < -0.3 is 4.74 Å². The molecule has 0 radical (unpaired) electrons. The Morgan fingerprint density at radius 1 is 1.19 bits per heavy atom. The van der Waals surface area contributed by atoms with Gasteiger partial charge in [0.15, 0.2) is 5.13 Å². The molecule has 0 aliphatic rings. The topological polar surface area (TPSA) is 101 Å². The Balaban J connectivity index is 1.91. The number of hydrogen-bond acceptors (Lipinski definition) is 7. The van der Waals surface area contributed by atoms with Gasteiger partial charge in [0.05, 0.1) is 23.4 Å². The Morgan fingerprint density at radius 3 is 2.55 bits per heavy atom. The van der Waals surface area contributed by atoms with Crippen LogP contribution in [0.15, 0.2) is 47.5 Å². The fourth-order valence-corrected chi connectivity index (χ4v) is 5.65. The second kappa shape index (κ2) is 9.54. The van der Waals surface area contributed by atoms with Crippen molar-refractivity contribution in [2.24, 2.45) is 0 Å².